The Morgan fingerprint density at radius 3 is 2.11 bits per heavy atom. The van der Waals surface area contributed by atoms with Crippen LogP contribution in [0.25, 0.3) is 0 Å². The number of hydrogen-bond donors (Lipinski definition) is 1. The lowest BCUT2D eigenvalue weighted by Gasteiger charge is -2.34. The highest BCUT2D eigenvalue weighted by Crippen LogP contribution is 2.33. The van der Waals surface area contributed by atoms with E-state index in [2.05, 4.69) is 21.2 Å². The van der Waals surface area contributed by atoms with Crippen LogP contribution < -0.4 is 14.4 Å². The first kappa shape index (κ1) is 34.7. The highest BCUT2D eigenvalue weighted by molar-refractivity contribution is 9.10. The molecule has 0 spiro atoms. The van der Waals surface area contributed by atoms with Crippen LogP contribution >= 0.6 is 15.9 Å². The van der Waals surface area contributed by atoms with Crippen molar-refractivity contribution in [3.63, 3.8) is 0 Å². The molecule has 0 aliphatic carbocycles. The first-order valence-corrected chi connectivity index (χ1v) is 17.4. The normalized spacial score (nSPS) is 12.0. The summed E-state index contributed by atoms with van der Waals surface area (Å²) in [7, 11) is -4.24. The average Bonchev–Trinajstić information content (AvgIpc) is 3.03. The van der Waals surface area contributed by atoms with Gasteiger partial charge in [-0.05, 0) is 75.2 Å². The Morgan fingerprint density at radius 2 is 1.48 bits per heavy atom. The minimum atomic E-state index is -4.24. The molecule has 1 unspecified atom stereocenters. The van der Waals surface area contributed by atoms with Crippen LogP contribution in [0.1, 0.15) is 37.5 Å². The Morgan fingerprint density at radius 1 is 0.848 bits per heavy atom. The molecule has 1 N–H and O–H groups in total. The van der Waals surface area contributed by atoms with Crippen molar-refractivity contribution in [1.82, 2.24) is 10.2 Å². The number of carbonyl (C=O) groups is 2. The molecule has 0 aliphatic rings. The fourth-order valence-corrected chi connectivity index (χ4v) is 6.70. The monoisotopic (exact) mass is 705 g/mol. The lowest BCUT2D eigenvalue weighted by atomic mass is 10.0. The van der Waals surface area contributed by atoms with E-state index >= 15 is 0 Å². The highest BCUT2D eigenvalue weighted by atomic mass is 79.9. The molecule has 2 amide bonds. The molecule has 4 aromatic carbocycles. The Bertz CT molecular complexity index is 1710. The van der Waals surface area contributed by atoms with E-state index in [1.165, 1.54) is 17.0 Å². The minimum absolute atomic E-state index is 0.0371. The molecule has 8 nitrogen and oxygen atoms in total. The van der Waals surface area contributed by atoms with Crippen LogP contribution in [0.15, 0.2) is 112 Å². The van der Waals surface area contributed by atoms with Gasteiger partial charge in [-0.25, -0.2) is 8.42 Å². The molecule has 0 aromatic heterocycles. The number of aryl methyl sites for hydroxylation is 1. The maximum absolute atomic E-state index is 14.6. The highest BCUT2D eigenvalue weighted by Gasteiger charge is 2.35. The fourth-order valence-electron chi connectivity index (χ4n) is 5.01. The Labute approximate surface area is 280 Å². The second-order valence-electron chi connectivity index (χ2n) is 11.2. The van der Waals surface area contributed by atoms with E-state index in [-0.39, 0.29) is 35.5 Å². The number of nitrogens with zero attached hydrogens (tertiary/aromatic N) is 2. The van der Waals surface area contributed by atoms with Crippen LogP contribution in [0.3, 0.4) is 0 Å². The number of amides is 2. The maximum Gasteiger partial charge on any atom is 0.264 e. The van der Waals surface area contributed by atoms with E-state index < -0.39 is 28.5 Å². The van der Waals surface area contributed by atoms with Gasteiger partial charge in [-0.2, -0.15) is 0 Å². The number of sulfonamides is 1. The molecule has 46 heavy (non-hydrogen) atoms. The third kappa shape index (κ3) is 8.98. The van der Waals surface area contributed by atoms with Gasteiger partial charge in [-0.1, -0.05) is 88.2 Å². The molecule has 10 heteroatoms. The zero-order valence-electron chi connectivity index (χ0n) is 26.5. The zero-order chi connectivity index (χ0) is 33.3. The van der Waals surface area contributed by atoms with Gasteiger partial charge >= 0.3 is 0 Å². The maximum atomic E-state index is 14.6. The van der Waals surface area contributed by atoms with E-state index in [9.17, 15) is 18.0 Å². The Balaban J connectivity index is 1.84. The standard InChI is InChI=1S/C36H40BrN3O5S/c1-5-45-34-14-10-9-13-32(34)40(46(43,44)31-21-15-27(4)16-22-31)25-35(41)39(24-29-17-19-30(37)20-18-29)33(36(42)38-26(2)3)23-28-11-7-6-8-12-28/h6-22,26,33H,5,23-25H2,1-4H3,(H,38,42). The molecule has 0 saturated heterocycles. The average molecular weight is 707 g/mol. The minimum Gasteiger partial charge on any atom is -0.492 e. The molecule has 1 atom stereocenters. The summed E-state index contributed by atoms with van der Waals surface area (Å²) >= 11 is 3.46. The summed E-state index contributed by atoms with van der Waals surface area (Å²) in [6, 6.07) is 29.1. The molecule has 4 aromatic rings. The Kier molecular flexibility index (Phi) is 12.0. The Hall–Kier alpha value is -4.15. The molecule has 0 radical (unpaired) electrons. The number of rotatable bonds is 14. The van der Waals surface area contributed by atoms with Crippen LogP contribution in [0.2, 0.25) is 0 Å². The van der Waals surface area contributed by atoms with E-state index in [1.54, 1.807) is 36.4 Å². The van der Waals surface area contributed by atoms with E-state index in [4.69, 9.17) is 4.74 Å². The SMILES string of the molecule is CCOc1ccccc1N(CC(=O)N(Cc1ccc(Br)cc1)C(Cc1ccccc1)C(=O)NC(C)C)S(=O)(=O)c1ccc(C)cc1. The smallest absolute Gasteiger partial charge is 0.264 e. The van der Waals surface area contributed by atoms with Crippen molar-refractivity contribution < 1.29 is 22.7 Å². The van der Waals surface area contributed by atoms with Crippen molar-refractivity contribution in [3.8, 4) is 5.75 Å². The van der Waals surface area contributed by atoms with Crippen molar-refractivity contribution in [2.45, 2.75) is 57.6 Å². The lowest BCUT2D eigenvalue weighted by molar-refractivity contribution is -0.140. The van der Waals surface area contributed by atoms with Gasteiger partial charge in [0.2, 0.25) is 11.8 Å². The van der Waals surface area contributed by atoms with Crippen molar-refractivity contribution in [1.29, 1.82) is 0 Å². The number of carbonyl (C=O) groups excluding carboxylic acids is 2. The molecule has 0 aliphatic heterocycles. The summed E-state index contributed by atoms with van der Waals surface area (Å²) in [5.74, 6) is -0.539. The molecular formula is C36H40BrN3O5S. The van der Waals surface area contributed by atoms with Crippen molar-refractivity contribution in [2.24, 2.45) is 0 Å². The number of hydrogen-bond acceptors (Lipinski definition) is 5. The van der Waals surface area contributed by atoms with Gasteiger partial charge in [0.05, 0.1) is 17.2 Å². The van der Waals surface area contributed by atoms with E-state index in [0.29, 0.717) is 12.4 Å². The fraction of sp³-hybridized carbons (Fsp3) is 0.278. The molecule has 0 bridgehead atoms. The first-order valence-electron chi connectivity index (χ1n) is 15.2. The number of anilines is 1. The number of ether oxygens (including phenoxy) is 1. The molecule has 4 rings (SSSR count). The van der Waals surface area contributed by atoms with Crippen LogP contribution in [-0.4, -0.2) is 50.4 Å². The summed E-state index contributed by atoms with van der Waals surface area (Å²) in [5.41, 5.74) is 2.78. The summed E-state index contributed by atoms with van der Waals surface area (Å²) in [6.07, 6.45) is 0.238. The van der Waals surface area contributed by atoms with Gasteiger partial charge in [-0.3, -0.25) is 13.9 Å². The quantitative estimate of drug-likeness (QED) is 0.161. The molecular weight excluding hydrogens is 666 g/mol. The van der Waals surface area contributed by atoms with Crippen LogP contribution in [0, 0.1) is 6.92 Å². The van der Waals surface area contributed by atoms with E-state index in [1.807, 2.05) is 82.3 Å². The van der Waals surface area contributed by atoms with Crippen LogP contribution in [-0.2, 0) is 32.6 Å². The van der Waals surface area contributed by atoms with Gasteiger partial charge in [-0.15, -0.1) is 0 Å². The van der Waals surface area contributed by atoms with Gasteiger partial charge < -0.3 is 15.0 Å². The number of benzene rings is 4. The second-order valence-corrected chi connectivity index (χ2v) is 14.0. The lowest BCUT2D eigenvalue weighted by Crippen LogP contribution is -2.54. The number of nitrogens with one attached hydrogen (secondary N) is 1. The molecule has 242 valence electrons. The summed E-state index contributed by atoms with van der Waals surface area (Å²) in [6.45, 7) is 7.22. The van der Waals surface area contributed by atoms with Gasteiger partial charge in [0.1, 0.15) is 18.3 Å². The number of para-hydroxylation sites is 2. The topological polar surface area (TPSA) is 96.0 Å². The predicted molar refractivity (Wildman–Crippen MR) is 185 cm³/mol. The van der Waals surface area contributed by atoms with Crippen molar-refractivity contribution in [3.05, 3.63) is 124 Å². The van der Waals surface area contributed by atoms with Gasteiger partial charge in [0.25, 0.3) is 10.0 Å². The summed E-state index contributed by atoms with van der Waals surface area (Å²) in [5, 5.41) is 2.97. The van der Waals surface area contributed by atoms with Crippen LogP contribution in [0.4, 0.5) is 5.69 Å². The first-order chi connectivity index (χ1) is 22.0. The third-order valence-electron chi connectivity index (χ3n) is 7.29. The van der Waals surface area contributed by atoms with Crippen molar-refractivity contribution >= 4 is 43.5 Å². The largest absolute Gasteiger partial charge is 0.492 e. The van der Waals surface area contributed by atoms with Crippen LogP contribution in [0.5, 0.6) is 5.75 Å². The summed E-state index contributed by atoms with van der Waals surface area (Å²) in [4.78, 5) is 30.0. The molecule has 0 fully saturated rings. The predicted octanol–water partition coefficient (Wildman–Crippen LogP) is 6.52. The van der Waals surface area contributed by atoms with E-state index in [0.717, 1.165) is 25.5 Å². The third-order valence-corrected chi connectivity index (χ3v) is 9.59. The second kappa shape index (κ2) is 15.9. The van der Waals surface area contributed by atoms with Crippen molar-refractivity contribution in [2.75, 3.05) is 17.5 Å². The zero-order valence-corrected chi connectivity index (χ0v) is 28.9. The summed E-state index contributed by atoms with van der Waals surface area (Å²) < 4.78 is 36.4. The molecule has 0 saturated carbocycles. The van der Waals surface area contributed by atoms with Gasteiger partial charge in [0, 0.05) is 23.5 Å². The molecule has 0 heterocycles. The van der Waals surface area contributed by atoms with Gasteiger partial charge in [0.15, 0.2) is 0 Å². The number of halogens is 1.